The highest BCUT2D eigenvalue weighted by atomic mass is 16.6. The number of nitrogens with zero attached hydrogens (tertiary/aromatic N) is 1. The SMILES string of the molecule is CC(C)C[C@H](N)C(=O)N(N)C(=O)OCc1ccccc1. The third kappa shape index (κ3) is 4.99. The molecule has 0 aliphatic rings. The van der Waals surface area contributed by atoms with E-state index in [1.807, 2.05) is 32.0 Å². The molecule has 0 aliphatic heterocycles. The zero-order chi connectivity index (χ0) is 15.1. The molecule has 0 radical (unpaired) electrons. The van der Waals surface area contributed by atoms with Gasteiger partial charge < -0.3 is 10.5 Å². The van der Waals surface area contributed by atoms with Crippen molar-refractivity contribution >= 4 is 12.0 Å². The van der Waals surface area contributed by atoms with Crippen LogP contribution in [0.25, 0.3) is 0 Å². The summed E-state index contributed by atoms with van der Waals surface area (Å²) in [5, 5.41) is 0.440. The number of carbonyl (C=O) groups excluding carboxylic acids is 2. The molecular formula is C14H21N3O3. The molecule has 4 N–H and O–H groups in total. The van der Waals surface area contributed by atoms with E-state index in [-0.39, 0.29) is 12.5 Å². The Hall–Kier alpha value is -1.92. The van der Waals surface area contributed by atoms with Crippen LogP contribution in [0, 0.1) is 5.92 Å². The van der Waals surface area contributed by atoms with Gasteiger partial charge in [-0.1, -0.05) is 44.2 Å². The van der Waals surface area contributed by atoms with Crippen LogP contribution in [-0.2, 0) is 16.1 Å². The molecule has 1 aromatic carbocycles. The maximum Gasteiger partial charge on any atom is 0.431 e. The fraction of sp³-hybridized carbons (Fsp3) is 0.429. The number of hydrogen-bond acceptors (Lipinski definition) is 5. The Bertz CT molecular complexity index is 448. The van der Waals surface area contributed by atoms with Gasteiger partial charge in [0.1, 0.15) is 6.61 Å². The van der Waals surface area contributed by atoms with E-state index in [1.54, 1.807) is 12.1 Å². The minimum atomic E-state index is -0.905. The molecule has 6 heteroatoms. The van der Waals surface area contributed by atoms with Crippen LogP contribution < -0.4 is 11.6 Å². The number of hydrazine groups is 1. The summed E-state index contributed by atoms with van der Waals surface area (Å²) in [7, 11) is 0. The van der Waals surface area contributed by atoms with Crippen molar-refractivity contribution in [3.8, 4) is 0 Å². The molecule has 0 spiro atoms. The molecular weight excluding hydrogens is 258 g/mol. The molecule has 0 aliphatic carbocycles. The van der Waals surface area contributed by atoms with Gasteiger partial charge in [0.25, 0.3) is 5.91 Å². The molecule has 1 rings (SSSR count). The number of rotatable bonds is 5. The normalized spacial score (nSPS) is 12.1. The molecule has 110 valence electrons. The van der Waals surface area contributed by atoms with E-state index < -0.39 is 18.0 Å². The first-order valence-corrected chi connectivity index (χ1v) is 6.46. The van der Waals surface area contributed by atoms with Crippen molar-refractivity contribution in [1.82, 2.24) is 5.01 Å². The van der Waals surface area contributed by atoms with Crippen LogP contribution >= 0.6 is 0 Å². The summed E-state index contributed by atoms with van der Waals surface area (Å²) in [5.41, 5.74) is 6.50. The Balaban J connectivity index is 2.48. The second-order valence-corrected chi connectivity index (χ2v) is 4.98. The maximum atomic E-state index is 11.8. The summed E-state index contributed by atoms with van der Waals surface area (Å²) in [6.07, 6.45) is -0.448. The van der Waals surface area contributed by atoms with E-state index >= 15 is 0 Å². The first-order chi connectivity index (χ1) is 9.41. The number of benzene rings is 1. The number of carbonyl (C=O) groups is 2. The van der Waals surface area contributed by atoms with Gasteiger partial charge in [0.2, 0.25) is 0 Å². The molecule has 20 heavy (non-hydrogen) atoms. The van der Waals surface area contributed by atoms with Crippen LogP contribution in [0.3, 0.4) is 0 Å². The zero-order valence-corrected chi connectivity index (χ0v) is 11.8. The van der Waals surface area contributed by atoms with Crippen molar-refractivity contribution in [1.29, 1.82) is 0 Å². The Kier molecular flexibility index (Phi) is 6.14. The summed E-state index contributed by atoms with van der Waals surface area (Å²) >= 11 is 0. The molecule has 0 saturated heterocycles. The van der Waals surface area contributed by atoms with E-state index in [1.165, 1.54) is 0 Å². The van der Waals surface area contributed by atoms with Crippen LogP contribution in [0.1, 0.15) is 25.8 Å². The topological polar surface area (TPSA) is 98.7 Å². The highest BCUT2D eigenvalue weighted by molar-refractivity contribution is 5.94. The lowest BCUT2D eigenvalue weighted by Gasteiger charge is -2.19. The lowest BCUT2D eigenvalue weighted by molar-refractivity contribution is -0.131. The van der Waals surface area contributed by atoms with Gasteiger partial charge in [-0.2, -0.15) is 5.01 Å². The van der Waals surface area contributed by atoms with Crippen molar-refractivity contribution in [3.05, 3.63) is 35.9 Å². The van der Waals surface area contributed by atoms with Gasteiger partial charge in [0, 0.05) is 0 Å². The summed E-state index contributed by atoms with van der Waals surface area (Å²) in [6, 6.07) is 8.32. The lowest BCUT2D eigenvalue weighted by atomic mass is 10.0. The van der Waals surface area contributed by atoms with E-state index in [0.29, 0.717) is 11.4 Å². The van der Waals surface area contributed by atoms with Crippen molar-refractivity contribution in [2.75, 3.05) is 0 Å². The van der Waals surface area contributed by atoms with Crippen LogP contribution in [0.2, 0.25) is 0 Å². The number of amides is 2. The molecule has 0 saturated carbocycles. The minimum absolute atomic E-state index is 0.0556. The Morgan fingerprint density at radius 3 is 2.40 bits per heavy atom. The second-order valence-electron chi connectivity index (χ2n) is 4.98. The van der Waals surface area contributed by atoms with Gasteiger partial charge in [0.15, 0.2) is 0 Å². The molecule has 0 fully saturated rings. The fourth-order valence-electron chi connectivity index (χ4n) is 1.67. The van der Waals surface area contributed by atoms with E-state index in [9.17, 15) is 9.59 Å². The number of nitrogens with two attached hydrogens (primary N) is 2. The molecule has 0 unspecified atom stereocenters. The highest BCUT2D eigenvalue weighted by Crippen LogP contribution is 2.06. The summed E-state index contributed by atoms with van der Waals surface area (Å²) < 4.78 is 4.95. The van der Waals surface area contributed by atoms with Crippen molar-refractivity contribution < 1.29 is 14.3 Å². The molecule has 1 atom stereocenters. The summed E-state index contributed by atoms with van der Waals surface area (Å²) in [6.45, 7) is 3.92. The van der Waals surface area contributed by atoms with Crippen LogP contribution in [0.15, 0.2) is 30.3 Å². The van der Waals surface area contributed by atoms with Crippen molar-refractivity contribution in [3.63, 3.8) is 0 Å². The Morgan fingerprint density at radius 1 is 1.25 bits per heavy atom. The van der Waals surface area contributed by atoms with Crippen LogP contribution in [0.4, 0.5) is 4.79 Å². The fourth-order valence-corrected chi connectivity index (χ4v) is 1.67. The maximum absolute atomic E-state index is 11.8. The van der Waals surface area contributed by atoms with Gasteiger partial charge in [-0.05, 0) is 17.9 Å². The lowest BCUT2D eigenvalue weighted by Crippen LogP contribution is -2.51. The molecule has 2 amide bonds. The predicted octanol–water partition coefficient (Wildman–Crippen LogP) is 1.40. The third-order valence-electron chi connectivity index (χ3n) is 2.68. The molecule has 0 aromatic heterocycles. The van der Waals surface area contributed by atoms with E-state index in [4.69, 9.17) is 16.3 Å². The number of hydrogen-bond donors (Lipinski definition) is 2. The standard InChI is InChI=1S/C14H21N3O3/c1-10(2)8-12(15)13(18)17(16)14(19)20-9-11-6-4-3-5-7-11/h3-7,10,12H,8-9,15-16H2,1-2H3/t12-/m0/s1. The smallest absolute Gasteiger partial charge is 0.431 e. The number of imide groups is 1. The van der Waals surface area contributed by atoms with E-state index in [2.05, 4.69) is 0 Å². The first kappa shape index (κ1) is 16.1. The summed E-state index contributed by atoms with van der Waals surface area (Å²) in [4.78, 5) is 23.5. The van der Waals surface area contributed by atoms with Crippen LogP contribution in [-0.4, -0.2) is 23.1 Å². The van der Waals surface area contributed by atoms with Gasteiger partial charge in [-0.3, -0.25) is 4.79 Å². The third-order valence-corrected chi connectivity index (χ3v) is 2.68. The Labute approximate surface area is 118 Å². The molecule has 1 aromatic rings. The monoisotopic (exact) mass is 279 g/mol. The average Bonchev–Trinajstić information content (AvgIpc) is 2.43. The average molecular weight is 279 g/mol. The van der Waals surface area contributed by atoms with Gasteiger partial charge in [-0.15, -0.1) is 0 Å². The molecule has 0 bridgehead atoms. The van der Waals surface area contributed by atoms with Crippen molar-refractivity contribution in [2.24, 2.45) is 17.5 Å². The van der Waals surface area contributed by atoms with Gasteiger partial charge in [-0.25, -0.2) is 10.6 Å². The van der Waals surface area contributed by atoms with Gasteiger partial charge in [0.05, 0.1) is 6.04 Å². The van der Waals surface area contributed by atoms with Gasteiger partial charge >= 0.3 is 6.09 Å². The quantitative estimate of drug-likeness (QED) is 0.482. The summed E-state index contributed by atoms with van der Waals surface area (Å²) in [5.74, 6) is 5.03. The predicted molar refractivity (Wildman–Crippen MR) is 75.1 cm³/mol. The Morgan fingerprint density at radius 2 is 1.85 bits per heavy atom. The van der Waals surface area contributed by atoms with Crippen LogP contribution in [0.5, 0.6) is 0 Å². The molecule has 0 heterocycles. The second kappa shape index (κ2) is 7.62. The largest absolute Gasteiger partial charge is 0.443 e. The first-order valence-electron chi connectivity index (χ1n) is 6.46. The minimum Gasteiger partial charge on any atom is -0.443 e. The zero-order valence-electron chi connectivity index (χ0n) is 11.8. The van der Waals surface area contributed by atoms with E-state index in [0.717, 1.165) is 5.56 Å². The molecule has 6 nitrogen and oxygen atoms in total. The highest BCUT2D eigenvalue weighted by Gasteiger charge is 2.25. The van der Waals surface area contributed by atoms with Crippen molar-refractivity contribution in [2.45, 2.75) is 32.9 Å². The number of ether oxygens (including phenoxy) is 1.